The molecule has 0 saturated carbocycles. The highest BCUT2D eigenvalue weighted by Crippen LogP contribution is 2.35. The number of benzene rings is 1. The van der Waals surface area contributed by atoms with Gasteiger partial charge >= 0.3 is 5.63 Å². The summed E-state index contributed by atoms with van der Waals surface area (Å²) in [7, 11) is 0. The molecule has 0 N–H and O–H groups in total. The van der Waals surface area contributed by atoms with E-state index in [1.54, 1.807) is 12.1 Å². The summed E-state index contributed by atoms with van der Waals surface area (Å²) in [6.07, 6.45) is 7.13. The first-order valence-electron chi connectivity index (χ1n) is 12.0. The molecule has 1 aliphatic heterocycles. The molecule has 0 fully saturated rings. The Balaban J connectivity index is 1.85. The Hall–Kier alpha value is -2.31. The lowest BCUT2D eigenvalue weighted by molar-refractivity contribution is -0.178. The van der Waals surface area contributed by atoms with E-state index in [1.165, 1.54) is 0 Å². The minimum Gasteiger partial charge on any atom is -0.490 e. The second-order valence-electron chi connectivity index (χ2n) is 9.54. The van der Waals surface area contributed by atoms with Gasteiger partial charge in [-0.15, -0.1) is 6.58 Å². The van der Waals surface area contributed by atoms with E-state index in [-0.39, 0.29) is 5.63 Å². The summed E-state index contributed by atoms with van der Waals surface area (Å²) in [5, 5.41) is 0.888. The summed E-state index contributed by atoms with van der Waals surface area (Å²) in [5.41, 5.74) is 0.282. The lowest BCUT2D eigenvalue weighted by atomic mass is 9.89. The van der Waals surface area contributed by atoms with Crippen molar-refractivity contribution in [2.24, 2.45) is 0 Å². The molecule has 0 spiro atoms. The summed E-state index contributed by atoms with van der Waals surface area (Å²) in [6, 6.07) is 5.30. The predicted molar refractivity (Wildman–Crippen MR) is 131 cm³/mol. The van der Waals surface area contributed by atoms with Gasteiger partial charge in [-0.1, -0.05) is 6.08 Å². The smallest absolute Gasteiger partial charge is 0.336 e. The minimum absolute atomic E-state index is 0.349. The Morgan fingerprint density at radius 3 is 2.09 bits per heavy atom. The molecule has 1 aromatic heterocycles. The van der Waals surface area contributed by atoms with Crippen LogP contribution in [0.25, 0.3) is 11.0 Å². The second-order valence-corrected chi connectivity index (χ2v) is 9.54. The molecule has 33 heavy (non-hydrogen) atoms. The highest BCUT2D eigenvalue weighted by atomic mass is 16.6. The van der Waals surface area contributed by atoms with Gasteiger partial charge in [0, 0.05) is 30.4 Å². The molecule has 2 heterocycles. The molecule has 182 valence electrons. The fourth-order valence-corrected chi connectivity index (χ4v) is 3.76. The van der Waals surface area contributed by atoms with Gasteiger partial charge in [-0.2, -0.15) is 0 Å². The zero-order valence-corrected chi connectivity index (χ0v) is 20.5. The maximum absolute atomic E-state index is 12.2. The fraction of sp³-hybridized carbons (Fsp3) is 0.593. The molecule has 0 amide bonds. The average Bonchev–Trinajstić information content (AvgIpc) is 2.75. The molecule has 3 rings (SSSR count). The summed E-state index contributed by atoms with van der Waals surface area (Å²) in [5.74, 6) is 1.23. The van der Waals surface area contributed by atoms with Gasteiger partial charge in [0.25, 0.3) is 0 Å². The maximum Gasteiger partial charge on any atom is 0.336 e. The standard InChI is InChI=1S/C27H38O6/c1-6-7-8-9-12-20-17-25(28)33-22-19-24-23(18-21(20)22)29-13-10-15-31-26(2,3)27(4,5)32-16-11-14-30-24/h6,17-19H,1,7-16H2,2-5H3. The molecule has 0 saturated heterocycles. The summed E-state index contributed by atoms with van der Waals surface area (Å²) >= 11 is 0. The van der Waals surface area contributed by atoms with Gasteiger partial charge in [0.05, 0.1) is 37.6 Å². The zero-order valence-electron chi connectivity index (χ0n) is 20.5. The normalized spacial score (nSPS) is 19.0. The van der Waals surface area contributed by atoms with Crippen LogP contribution in [0.15, 0.2) is 40.1 Å². The van der Waals surface area contributed by atoms with Gasteiger partial charge in [-0.3, -0.25) is 0 Å². The monoisotopic (exact) mass is 458 g/mol. The SMILES string of the molecule is C=CCCCCc1cc(=O)oc2cc3c(cc12)OCCCOC(C)(C)C(C)(C)OCCCO3. The van der Waals surface area contributed by atoms with Crippen molar-refractivity contribution in [3.8, 4) is 11.5 Å². The minimum atomic E-state index is -0.433. The van der Waals surface area contributed by atoms with Crippen molar-refractivity contribution in [3.63, 3.8) is 0 Å². The molecule has 6 nitrogen and oxygen atoms in total. The number of rotatable bonds is 5. The molecule has 6 heteroatoms. The topological polar surface area (TPSA) is 67.1 Å². The largest absolute Gasteiger partial charge is 0.490 e. The van der Waals surface area contributed by atoms with Crippen LogP contribution >= 0.6 is 0 Å². The Morgan fingerprint density at radius 2 is 1.48 bits per heavy atom. The molecule has 1 aromatic carbocycles. The van der Waals surface area contributed by atoms with Crippen LogP contribution in [-0.2, 0) is 15.9 Å². The van der Waals surface area contributed by atoms with Crippen LogP contribution in [0.1, 0.15) is 65.4 Å². The van der Waals surface area contributed by atoms with Gasteiger partial charge < -0.3 is 23.4 Å². The van der Waals surface area contributed by atoms with Crippen molar-refractivity contribution in [2.75, 3.05) is 26.4 Å². The van der Waals surface area contributed by atoms with Crippen molar-refractivity contribution < 1.29 is 23.4 Å². The van der Waals surface area contributed by atoms with E-state index in [0.717, 1.165) is 43.1 Å². The van der Waals surface area contributed by atoms with Crippen LogP contribution in [-0.4, -0.2) is 37.6 Å². The molecular weight excluding hydrogens is 420 g/mol. The summed E-state index contributed by atoms with van der Waals surface area (Å²) < 4.78 is 30.0. The van der Waals surface area contributed by atoms with Crippen LogP contribution in [0, 0.1) is 0 Å². The molecule has 0 bridgehead atoms. The Kier molecular flexibility index (Phi) is 8.60. The fourth-order valence-electron chi connectivity index (χ4n) is 3.76. The third kappa shape index (κ3) is 6.61. The first-order valence-corrected chi connectivity index (χ1v) is 12.0. The Labute approximate surface area is 196 Å². The van der Waals surface area contributed by atoms with Gasteiger partial charge in [-0.25, -0.2) is 4.79 Å². The number of ether oxygens (including phenoxy) is 4. The van der Waals surface area contributed by atoms with E-state index in [0.29, 0.717) is 49.9 Å². The average molecular weight is 459 g/mol. The first kappa shape index (κ1) is 25.3. The Morgan fingerprint density at radius 1 is 0.879 bits per heavy atom. The molecule has 0 unspecified atom stereocenters. The lowest BCUT2D eigenvalue weighted by Crippen LogP contribution is -2.50. The van der Waals surface area contributed by atoms with Crippen LogP contribution in [0.4, 0.5) is 0 Å². The highest BCUT2D eigenvalue weighted by molar-refractivity contribution is 5.84. The van der Waals surface area contributed by atoms with E-state index >= 15 is 0 Å². The van der Waals surface area contributed by atoms with Gasteiger partial charge in [-0.05, 0) is 65.0 Å². The molecule has 0 aliphatic carbocycles. The third-order valence-electron chi connectivity index (χ3n) is 6.47. The van der Waals surface area contributed by atoms with Gasteiger partial charge in [0.2, 0.25) is 0 Å². The number of unbranched alkanes of at least 4 members (excludes halogenated alkanes) is 2. The van der Waals surface area contributed by atoms with Crippen LogP contribution in [0.5, 0.6) is 11.5 Å². The van der Waals surface area contributed by atoms with Crippen LogP contribution < -0.4 is 15.1 Å². The van der Waals surface area contributed by atoms with Crippen molar-refractivity contribution >= 4 is 11.0 Å². The predicted octanol–water partition coefficient (Wildman–Crippen LogP) is 5.83. The van der Waals surface area contributed by atoms with E-state index in [1.807, 2.05) is 12.1 Å². The first-order chi connectivity index (χ1) is 15.7. The molecule has 2 aromatic rings. The van der Waals surface area contributed by atoms with Crippen molar-refractivity contribution in [3.05, 3.63) is 46.8 Å². The number of aryl methyl sites for hydroxylation is 1. The summed E-state index contributed by atoms with van der Waals surface area (Å²) in [4.78, 5) is 12.2. The quantitative estimate of drug-likeness (QED) is 0.319. The van der Waals surface area contributed by atoms with E-state index < -0.39 is 11.2 Å². The molecule has 1 aliphatic rings. The maximum atomic E-state index is 12.2. The molecule has 0 atom stereocenters. The van der Waals surface area contributed by atoms with Gasteiger partial charge in [0.1, 0.15) is 5.58 Å². The number of fused-ring (bicyclic) bond motifs is 2. The number of allylic oxidation sites excluding steroid dienone is 1. The third-order valence-corrected chi connectivity index (χ3v) is 6.47. The van der Waals surface area contributed by atoms with Gasteiger partial charge in [0.15, 0.2) is 11.5 Å². The zero-order chi connectivity index (χ0) is 23.9. The van der Waals surface area contributed by atoms with Crippen molar-refractivity contribution in [1.29, 1.82) is 0 Å². The Bertz CT molecular complexity index is 988. The molecular formula is C27H38O6. The van der Waals surface area contributed by atoms with Crippen molar-refractivity contribution in [1.82, 2.24) is 0 Å². The van der Waals surface area contributed by atoms with E-state index in [4.69, 9.17) is 23.4 Å². The molecule has 0 radical (unpaired) electrons. The lowest BCUT2D eigenvalue weighted by Gasteiger charge is -2.41. The number of hydrogen-bond donors (Lipinski definition) is 0. The van der Waals surface area contributed by atoms with E-state index in [2.05, 4.69) is 34.3 Å². The van der Waals surface area contributed by atoms with E-state index in [9.17, 15) is 4.79 Å². The van der Waals surface area contributed by atoms with Crippen LogP contribution in [0.2, 0.25) is 0 Å². The highest BCUT2D eigenvalue weighted by Gasteiger charge is 2.39. The summed E-state index contributed by atoms with van der Waals surface area (Å²) in [6.45, 7) is 14.1. The van der Waals surface area contributed by atoms with Crippen molar-refractivity contribution in [2.45, 2.75) is 77.4 Å². The second kappa shape index (κ2) is 11.2. The number of hydrogen-bond acceptors (Lipinski definition) is 6. The van der Waals surface area contributed by atoms with Crippen LogP contribution in [0.3, 0.4) is 0 Å².